The van der Waals surface area contributed by atoms with Crippen LogP contribution < -0.4 is 10.6 Å². The average Bonchev–Trinajstić information content (AvgIpc) is 2.88. The molecule has 110 valence electrons. The van der Waals surface area contributed by atoms with E-state index >= 15 is 0 Å². The van der Waals surface area contributed by atoms with Crippen molar-refractivity contribution in [3.05, 3.63) is 42.2 Å². The van der Waals surface area contributed by atoms with Gasteiger partial charge >= 0.3 is 12.0 Å². The van der Waals surface area contributed by atoms with E-state index in [-0.39, 0.29) is 12.6 Å². The van der Waals surface area contributed by atoms with E-state index in [9.17, 15) is 9.59 Å². The number of aryl methyl sites for hydroxylation is 1. The molecule has 1 aromatic carbocycles. The molecule has 0 bridgehead atoms. The van der Waals surface area contributed by atoms with E-state index in [2.05, 4.69) is 20.5 Å². The van der Waals surface area contributed by atoms with Crippen LogP contribution in [0.2, 0.25) is 0 Å². The van der Waals surface area contributed by atoms with Gasteiger partial charge in [-0.3, -0.25) is 9.48 Å². The zero-order valence-electron chi connectivity index (χ0n) is 11.8. The van der Waals surface area contributed by atoms with Crippen LogP contribution in [-0.2, 0) is 16.1 Å². The highest BCUT2D eigenvalue weighted by molar-refractivity contribution is 5.99. The van der Waals surface area contributed by atoms with Crippen LogP contribution in [0.15, 0.2) is 36.7 Å². The Balaban J connectivity index is 1.90. The molecule has 2 amide bonds. The Morgan fingerprint density at radius 1 is 1.19 bits per heavy atom. The van der Waals surface area contributed by atoms with E-state index in [1.807, 2.05) is 31.2 Å². The number of amides is 2. The summed E-state index contributed by atoms with van der Waals surface area (Å²) >= 11 is 0. The molecule has 2 rings (SSSR count). The first kappa shape index (κ1) is 14.6. The van der Waals surface area contributed by atoms with Crippen molar-refractivity contribution in [2.24, 2.45) is 0 Å². The van der Waals surface area contributed by atoms with E-state index in [1.165, 1.54) is 18.0 Å². The number of esters is 1. The number of anilines is 2. The third-order valence-electron chi connectivity index (χ3n) is 2.72. The fraction of sp³-hybridized carbons (Fsp3) is 0.214. The summed E-state index contributed by atoms with van der Waals surface area (Å²) in [5.41, 5.74) is 2.30. The van der Waals surface area contributed by atoms with E-state index in [4.69, 9.17) is 0 Å². The normalized spacial score (nSPS) is 10.0. The predicted molar refractivity (Wildman–Crippen MR) is 78.1 cm³/mol. The second-order valence-corrected chi connectivity index (χ2v) is 4.45. The summed E-state index contributed by atoms with van der Waals surface area (Å²) in [4.78, 5) is 22.9. The summed E-state index contributed by atoms with van der Waals surface area (Å²) in [6.07, 6.45) is 3.00. The molecule has 0 aliphatic rings. The lowest BCUT2D eigenvalue weighted by atomic mass is 10.2. The largest absolute Gasteiger partial charge is 0.468 e. The minimum Gasteiger partial charge on any atom is -0.468 e. The summed E-state index contributed by atoms with van der Waals surface area (Å²) in [5.74, 6) is -0.409. The van der Waals surface area contributed by atoms with Gasteiger partial charge in [0.2, 0.25) is 0 Å². The van der Waals surface area contributed by atoms with Gasteiger partial charge in [0.25, 0.3) is 0 Å². The molecular formula is C14H16N4O3. The lowest BCUT2D eigenvalue weighted by molar-refractivity contribution is -0.141. The van der Waals surface area contributed by atoms with Gasteiger partial charge in [0.05, 0.1) is 19.0 Å². The zero-order chi connectivity index (χ0) is 15.2. The molecular weight excluding hydrogens is 272 g/mol. The minimum atomic E-state index is -0.409. The van der Waals surface area contributed by atoms with Crippen LogP contribution in [0.3, 0.4) is 0 Å². The lowest BCUT2D eigenvalue weighted by Gasteiger charge is -2.06. The van der Waals surface area contributed by atoms with E-state index < -0.39 is 5.97 Å². The van der Waals surface area contributed by atoms with Crippen molar-refractivity contribution < 1.29 is 14.3 Å². The molecule has 1 heterocycles. The van der Waals surface area contributed by atoms with Crippen molar-refractivity contribution in [1.82, 2.24) is 9.78 Å². The van der Waals surface area contributed by atoms with Crippen LogP contribution in [0, 0.1) is 6.92 Å². The number of methoxy groups -OCH3 is 1. The molecule has 7 heteroatoms. The maximum Gasteiger partial charge on any atom is 0.327 e. The second-order valence-electron chi connectivity index (χ2n) is 4.45. The molecule has 7 nitrogen and oxygen atoms in total. The molecule has 2 N–H and O–H groups in total. The number of hydrogen-bond donors (Lipinski definition) is 2. The van der Waals surface area contributed by atoms with Gasteiger partial charge in [-0.25, -0.2) is 4.79 Å². The standard InChI is InChI=1S/C14H16N4O3/c1-10-3-5-11(6-4-10)16-14(20)17-12-7-15-18(8-12)9-13(19)21-2/h3-8H,9H2,1-2H3,(H2,16,17,20). The quantitative estimate of drug-likeness (QED) is 0.843. The Morgan fingerprint density at radius 3 is 2.52 bits per heavy atom. The zero-order valence-corrected chi connectivity index (χ0v) is 11.8. The minimum absolute atomic E-state index is 0.00222. The maximum atomic E-state index is 11.8. The number of nitrogens with zero attached hydrogens (tertiary/aromatic N) is 2. The van der Waals surface area contributed by atoms with Crippen LogP contribution in [0.4, 0.5) is 16.2 Å². The van der Waals surface area contributed by atoms with Crippen molar-refractivity contribution in [3.63, 3.8) is 0 Å². The summed E-state index contributed by atoms with van der Waals surface area (Å²) < 4.78 is 5.92. The van der Waals surface area contributed by atoms with Crippen molar-refractivity contribution in [2.45, 2.75) is 13.5 Å². The molecule has 0 aliphatic heterocycles. The highest BCUT2D eigenvalue weighted by Gasteiger charge is 2.07. The lowest BCUT2D eigenvalue weighted by Crippen LogP contribution is -2.19. The number of benzene rings is 1. The van der Waals surface area contributed by atoms with Gasteiger partial charge in [0, 0.05) is 11.9 Å². The molecule has 0 spiro atoms. The highest BCUT2D eigenvalue weighted by Crippen LogP contribution is 2.10. The molecule has 2 aromatic rings. The summed E-state index contributed by atoms with van der Waals surface area (Å²) in [5, 5.41) is 9.28. The van der Waals surface area contributed by atoms with E-state index in [0.29, 0.717) is 11.4 Å². The van der Waals surface area contributed by atoms with Gasteiger partial charge < -0.3 is 15.4 Å². The number of aromatic nitrogens is 2. The Bertz CT molecular complexity index is 634. The van der Waals surface area contributed by atoms with Crippen molar-refractivity contribution in [2.75, 3.05) is 17.7 Å². The Labute approximate surface area is 121 Å². The molecule has 0 fully saturated rings. The van der Waals surface area contributed by atoms with Crippen LogP contribution in [0.5, 0.6) is 0 Å². The molecule has 0 atom stereocenters. The first-order chi connectivity index (χ1) is 10.1. The first-order valence-corrected chi connectivity index (χ1v) is 6.31. The van der Waals surface area contributed by atoms with Crippen LogP contribution >= 0.6 is 0 Å². The van der Waals surface area contributed by atoms with Gasteiger partial charge in [0.15, 0.2) is 0 Å². The number of carbonyl (C=O) groups excluding carboxylic acids is 2. The molecule has 1 aromatic heterocycles. The predicted octanol–water partition coefficient (Wildman–Crippen LogP) is 2.01. The summed E-state index contributed by atoms with van der Waals surface area (Å²) in [6, 6.07) is 7.07. The van der Waals surface area contributed by atoms with Crippen molar-refractivity contribution in [1.29, 1.82) is 0 Å². The van der Waals surface area contributed by atoms with Crippen LogP contribution in [-0.4, -0.2) is 28.9 Å². The Morgan fingerprint density at radius 2 is 1.86 bits per heavy atom. The van der Waals surface area contributed by atoms with Gasteiger partial charge in [-0.2, -0.15) is 5.10 Å². The molecule has 0 aliphatic carbocycles. The summed E-state index contributed by atoms with van der Waals surface area (Å²) in [7, 11) is 1.31. The van der Waals surface area contributed by atoms with Crippen LogP contribution in [0.1, 0.15) is 5.56 Å². The monoisotopic (exact) mass is 288 g/mol. The Hall–Kier alpha value is -2.83. The number of urea groups is 1. The SMILES string of the molecule is COC(=O)Cn1cc(NC(=O)Nc2ccc(C)cc2)cn1. The fourth-order valence-corrected chi connectivity index (χ4v) is 1.64. The number of carbonyl (C=O) groups is 2. The molecule has 21 heavy (non-hydrogen) atoms. The smallest absolute Gasteiger partial charge is 0.327 e. The van der Waals surface area contributed by atoms with Crippen LogP contribution in [0.25, 0.3) is 0 Å². The topological polar surface area (TPSA) is 85.2 Å². The van der Waals surface area contributed by atoms with Gasteiger partial charge in [-0.15, -0.1) is 0 Å². The van der Waals surface area contributed by atoms with Crippen molar-refractivity contribution >= 4 is 23.4 Å². The van der Waals surface area contributed by atoms with Gasteiger partial charge in [-0.05, 0) is 19.1 Å². The molecule has 0 saturated carbocycles. The van der Waals surface area contributed by atoms with Crippen molar-refractivity contribution in [3.8, 4) is 0 Å². The molecule has 0 unspecified atom stereocenters. The van der Waals surface area contributed by atoms with Gasteiger partial charge in [-0.1, -0.05) is 17.7 Å². The third-order valence-corrected chi connectivity index (χ3v) is 2.72. The second kappa shape index (κ2) is 6.56. The maximum absolute atomic E-state index is 11.8. The third kappa shape index (κ3) is 4.34. The van der Waals surface area contributed by atoms with Gasteiger partial charge in [0.1, 0.15) is 6.54 Å². The first-order valence-electron chi connectivity index (χ1n) is 6.31. The number of hydrogen-bond acceptors (Lipinski definition) is 4. The number of nitrogens with one attached hydrogen (secondary N) is 2. The van der Waals surface area contributed by atoms with E-state index in [0.717, 1.165) is 5.56 Å². The summed E-state index contributed by atoms with van der Waals surface area (Å²) in [6.45, 7) is 1.97. The average molecular weight is 288 g/mol. The Kier molecular flexibility index (Phi) is 4.55. The molecule has 0 radical (unpaired) electrons. The van der Waals surface area contributed by atoms with E-state index in [1.54, 1.807) is 6.20 Å². The number of rotatable bonds is 4. The fourth-order valence-electron chi connectivity index (χ4n) is 1.64. The number of ether oxygens (including phenoxy) is 1. The molecule has 0 saturated heterocycles. The highest BCUT2D eigenvalue weighted by atomic mass is 16.5.